The Labute approximate surface area is 111 Å². The summed E-state index contributed by atoms with van der Waals surface area (Å²) in [5.74, 6) is -2.66. The third-order valence-corrected chi connectivity index (χ3v) is 2.47. The monoisotopic (exact) mass is 279 g/mol. The average Bonchev–Trinajstić information content (AvgIpc) is 2.43. The van der Waals surface area contributed by atoms with Crippen LogP contribution in [0.4, 0.5) is 14.5 Å². The first-order valence-electron chi connectivity index (χ1n) is 5.38. The van der Waals surface area contributed by atoms with Crippen molar-refractivity contribution in [1.29, 1.82) is 0 Å². The minimum absolute atomic E-state index is 0.0119. The molecule has 0 saturated carbocycles. The number of aldehydes is 1. The number of rotatable bonds is 4. The van der Waals surface area contributed by atoms with Crippen molar-refractivity contribution in [1.82, 2.24) is 0 Å². The van der Waals surface area contributed by atoms with Crippen LogP contribution in [0.25, 0.3) is 0 Å². The number of ether oxygens (including phenoxy) is 1. The van der Waals surface area contributed by atoms with E-state index in [9.17, 15) is 23.7 Å². The summed E-state index contributed by atoms with van der Waals surface area (Å²) in [6.07, 6.45) is 0.285. The molecule has 0 radical (unpaired) electrons. The topological polar surface area (TPSA) is 69.4 Å². The summed E-state index contributed by atoms with van der Waals surface area (Å²) in [5, 5.41) is 10.6. The van der Waals surface area contributed by atoms with E-state index in [4.69, 9.17) is 4.74 Å². The Morgan fingerprint density at radius 2 is 1.95 bits per heavy atom. The average molecular weight is 279 g/mol. The van der Waals surface area contributed by atoms with Gasteiger partial charge in [0.2, 0.25) is 5.82 Å². The number of hydrogen-bond acceptors (Lipinski definition) is 4. The molecule has 2 aromatic rings. The van der Waals surface area contributed by atoms with Crippen molar-refractivity contribution in [2.75, 3.05) is 0 Å². The minimum atomic E-state index is -1.18. The molecule has 0 aliphatic rings. The fraction of sp³-hybridized carbons (Fsp3) is 0. The molecular weight excluding hydrogens is 272 g/mol. The smallest absolute Gasteiger partial charge is 0.280 e. The van der Waals surface area contributed by atoms with E-state index in [-0.39, 0.29) is 23.3 Å². The number of hydrogen-bond donors (Lipinski definition) is 0. The van der Waals surface area contributed by atoms with Crippen molar-refractivity contribution in [2.45, 2.75) is 0 Å². The van der Waals surface area contributed by atoms with Gasteiger partial charge in [-0.25, -0.2) is 4.39 Å². The summed E-state index contributed by atoms with van der Waals surface area (Å²) < 4.78 is 31.5. The van der Waals surface area contributed by atoms with E-state index in [1.54, 1.807) is 0 Å². The molecule has 102 valence electrons. The largest absolute Gasteiger partial charge is 0.454 e. The highest BCUT2D eigenvalue weighted by molar-refractivity contribution is 5.82. The Morgan fingerprint density at radius 3 is 2.60 bits per heavy atom. The Kier molecular flexibility index (Phi) is 3.69. The lowest BCUT2D eigenvalue weighted by Gasteiger charge is -2.07. The molecule has 0 amide bonds. The first-order valence-corrected chi connectivity index (χ1v) is 5.38. The molecule has 0 aromatic heterocycles. The number of nitro groups is 1. The van der Waals surface area contributed by atoms with Crippen LogP contribution in [0.5, 0.6) is 11.5 Å². The maximum atomic E-state index is 13.4. The Balaban J connectivity index is 2.37. The second-order valence-electron chi connectivity index (χ2n) is 3.75. The molecule has 0 N–H and O–H groups in total. The Hall–Kier alpha value is -2.83. The molecule has 0 bridgehead atoms. The Morgan fingerprint density at radius 1 is 1.20 bits per heavy atom. The van der Waals surface area contributed by atoms with Crippen LogP contribution in [0.1, 0.15) is 10.4 Å². The third-order valence-electron chi connectivity index (χ3n) is 2.47. The highest BCUT2D eigenvalue weighted by atomic mass is 19.2. The van der Waals surface area contributed by atoms with E-state index in [1.807, 2.05) is 0 Å². The van der Waals surface area contributed by atoms with Crippen molar-refractivity contribution in [3.05, 3.63) is 63.7 Å². The molecule has 2 rings (SSSR count). The van der Waals surface area contributed by atoms with Gasteiger partial charge in [-0.3, -0.25) is 14.9 Å². The highest BCUT2D eigenvalue weighted by Gasteiger charge is 2.15. The molecule has 5 nitrogen and oxygen atoms in total. The molecule has 20 heavy (non-hydrogen) atoms. The van der Waals surface area contributed by atoms with Crippen LogP contribution in [0.2, 0.25) is 0 Å². The molecule has 7 heteroatoms. The first kappa shape index (κ1) is 13.6. The zero-order chi connectivity index (χ0) is 14.7. The van der Waals surface area contributed by atoms with E-state index in [0.29, 0.717) is 0 Å². The minimum Gasteiger partial charge on any atom is -0.454 e. The predicted octanol–water partition coefficient (Wildman–Crippen LogP) is 3.48. The second-order valence-corrected chi connectivity index (χ2v) is 3.75. The second kappa shape index (κ2) is 5.43. The van der Waals surface area contributed by atoms with Crippen LogP contribution < -0.4 is 4.74 Å². The van der Waals surface area contributed by atoms with Crippen LogP contribution in [-0.4, -0.2) is 11.2 Å². The summed E-state index contributed by atoms with van der Waals surface area (Å²) in [7, 11) is 0. The van der Waals surface area contributed by atoms with E-state index in [1.165, 1.54) is 18.2 Å². The van der Waals surface area contributed by atoms with Gasteiger partial charge in [-0.15, -0.1) is 0 Å². The molecule has 2 aromatic carbocycles. The van der Waals surface area contributed by atoms with Gasteiger partial charge < -0.3 is 4.74 Å². The number of benzene rings is 2. The van der Waals surface area contributed by atoms with Gasteiger partial charge >= 0.3 is 0 Å². The predicted molar refractivity (Wildman–Crippen MR) is 64.9 cm³/mol. The number of carbonyl (C=O) groups is 1. The van der Waals surface area contributed by atoms with E-state index >= 15 is 0 Å². The summed E-state index contributed by atoms with van der Waals surface area (Å²) >= 11 is 0. The maximum Gasteiger partial charge on any atom is 0.280 e. The quantitative estimate of drug-likeness (QED) is 0.488. The SMILES string of the molecule is O=Cc1cc(Oc2cccc(F)c2F)ccc1[N+](=O)[O-]. The van der Waals surface area contributed by atoms with Crippen LogP contribution in [0, 0.1) is 21.7 Å². The molecule has 0 fully saturated rings. The molecule has 0 aliphatic heterocycles. The molecule has 0 saturated heterocycles. The van der Waals surface area contributed by atoms with Gasteiger partial charge in [0.15, 0.2) is 17.9 Å². The summed E-state index contributed by atoms with van der Waals surface area (Å²) in [4.78, 5) is 20.7. The highest BCUT2D eigenvalue weighted by Crippen LogP contribution is 2.29. The normalized spacial score (nSPS) is 10.1. The van der Waals surface area contributed by atoms with Crippen LogP contribution in [0.15, 0.2) is 36.4 Å². The molecule has 0 spiro atoms. The summed E-state index contributed by atoms with van der Waals surface area (Å²) in [6.45, 7) is 0. The lowest BCUT2D eigenvalue weighted by molar-refractivity contribution is -0.385. The third kappa shape index (κ3) is 2.61. The van der Waals surface area contributed by atoms with Crippen molar-refractivity contribution in [3.63, 3.8) is 0 Å². The molecular formula is C13H7F2NO4. The van der Waals surface area contributed by atoms with Gasteiger partial charge in [0.25, 0.3) is 5.69 Å². The molecule has 0 atom stereocenters. The number of nitrogens with zero attached hydrogens (tertiary/aromatic N) is 1. The van der Waals surface area contributed by atoms with Gasteiger partial charge in [0, 0.05) is 6.07 Å². The van der Waals surface area contributed by atoms with E-state index in [0.717, 1.165) is 18.2 Å². The van der Waals surface area contributed by atoms with E-state index in [2.05, 4.69) is 0 Å². The molecule has 0 aliphatic carbocycles. The van der Waals surface area contributed by atoms with Crippen LogP contribution >= 0.6 is 0 Å². The van der Waals surface area contributed by atoms with Crippen molar-refractivity contribution < 1.29 is 23.2 Å². The van der Waals surface area contributed by atoms with Crippen molar-refractivity contribution >= 4 is 12.0 Å². The van der Waals surface area contributed by atoms with Crippen molar-refractivity contribution in [2.24, 2.45) is 0 Å². The summed E-state index contributed by atoms with van der Waals surface area (Å²) in [6, 6.07) is 6.69. The lowest BCUT2D eigenvalue weighted by Crippen LogP contribution is -1.96. The summed E-state index contributed by atoms with van der Waals surface area (Å²) in [5.41, 5.74) is -0.614. The number of nitro benzene ring substituents is 1. The van der Waals surface area contributed by atoms with Gasteiger partial charge in [-0.05, 0) is 24.3 Å². The zero-order valence-corrected chi connectivity index (χ0v) is 9.88. The fourth-order valence-corrected chi connectivity index (χ4v) is 1.55. The standard InChI is InChI=1S/C13H7F2NO4/c14-10-2-1-3-12(13(10)15)20-9-4-5-11(16(18)19)8(6-9)7-17/h1-7H. The number of carbonyl (C=O) groups excluding carboxylic acids is 1. The van der Waals surface area contributed by atoms with Gasteiger partial charge in [0.1, 0.15) is 5.75 Å². The van der Waals surface area contributed by atoms with Crippen LogP contribution in [-0.2, 0) is 0 Å². The van der Waals surface area contributed by atoms with Gasteiger partial charge in [-0.1, -0.05) is 6.07 Å². The fourth-order valence-electron chi connectivity index (χ4n) is 1.55. The number of halogens is 2. The van der Waals surface area contributed by atoms with Gasteiger partial charge in [0.05, 0.1) is 10.5 Å². The van der Waals surface area contributed by atoms with Crippen molar-refractivity contribution in [3.8, 4) is 11.5 Å². The molecule has 0 heterocycles. The molecule has 0 unspecified atom stereocenters. The van der Waals surface area contributed by atoms with Gasteiger partial charge in [-0.2, -0.15) is 4.39 Å². The maximum absolute atomic E-state index is 13.4. The Bertz CT molecular complexity index is 688. The lowest BCUT2D eigenvalue weighted by atomic mass is 10.2. The zero-order valence-electron chi connectivity index (χ0n) is 9.88. The van der Waals surface area contributed by atoms with Crippen LogP contribution in [0.3, 0.4) is 0 Å². The van der Waals surface area contributed by atoms with E-state index < -0.39 is 22.2 Å². The first-order chi connectivity index (χ1) is 9.52.